The topological polar surface area (TPSA) is 111 Å². The maximum Gasteiger partial charge on any atom is 0.306 e. The number of allylic oxidation sites excluding steroid dienone is 10. The number of nitrogens with zero attached hydrogens (tertiary/aromatic N) is 1. The summed E-state index contributed by atoms with van der Waals surface area (Å²) in [6.45, 7) is 4.55. The summed E-state index contributed by atoms with van der Waals surface area (Å²) >= 11 is 0. The van der Waals surface area contributed by atoms with E-state index in [0.717, 1.165) is 89.9 Å². The molecule has 0 amide bonds. The molecule has 0 aliphatic heterocycles. The van der Waals surface area contributed by atoms with Gasteiger partial charge in [-0.1, -0.05) is 177 Å². The van der Waals surface area contributed by atoms with Gasteiger partial charge in [-0.05, 0) is 70.6 Å². The first-order chi connectivity index (χ1) is 30.1. The summed E-state index contributed by atoms with van der Waals surface area (Å²) in [5, 5.41) is 11.7. The molecule has 0 spiro atoms. The van der Waals surface area contributed by atoms with Crippen molar-refractivity contribution in [2.75, 3.05) is 47.5 Å². The van der Waals surface area contributed by atoms with E-state index in [2.05, 4.69) is 74.6 Å². The van der Waals surface area contributed by atoms with Crippen LogP contribution in [0.2, 0.25) is 0 Å². The van der Waals surface area contributed by atoms with Crippen molar-refractivity contribution in [2.24, 2.45) is 0 Å². The molecule has 0 saturated carbocycles. The summed E-state index contributed by atoms with van der Waals surface area (Å²) in [5.74, 6) is -2.30. The number of hydrogen-bond donors (Lipinski definition) is 0. The minimum absolute atomic E-state index is 0.145. The minimum Gasteiger partial charge on any atom is -0.545 e. The van der Waals surface area contributed by atoms with Crippen LogP contribution in [0.15, 0.2) is 60.8 Å². The van der Waals surface area contributed by atoms with Crippen LogP contribution in [0.3, 0.4) is 0 Å². The standard InChI is InChI=1S/C53H93NO8/c1-6-8-10-12-14-16-18-19-20-21-22-23-24-25-26-27-28-29-30-31-32-33-34-36-38-40-42-44-51(56)62-49(48-61-53(52(57)58)59-46-45-54(3,4)5)47-60-50(55)43-41-39-37-35-17-15-13-11-9-7-2/h8,10-11,13-14,16,19-20,22-23,49,53H,6-7,9,12,15,17-18,21,24-48H2,1-5H3/b10-8-,13-11-,16-14-,20-19-,23-22-. The number of carbonyl (C=O) groups excluding carboxylic acids is 3. The van der Waals surface area contributed by atoms with Gasteiger partial charge in [-0.2, -0.15) is 0 Å². The maximum atomic E-state index is 12.8. The highest BCUT2D eigenvalue weighted by molar-refractivity contribution is 5.70. The molecule has 358 valence electrons. The van der Waals surface area contributed by atoms with E-state index in [9.17, 15) is 19.5 Å². The van der Waals surface area contributed by atoms with Crippen LogP contribution in [0.4, 0.5) is 0 Å². The maximum absolute atomic E-state index is 12.8. The lowest BCUT2D eigenvalue weighted by Crippen LogP contribution is -2.44. The zero-order valence-electron chi connectivity index (χ0n) is 40.5. The Morgan fingerprint density at radius 3 is 1.39 bits per heavy atom. The van der Waals surface area contributed by atoms with Crippen molar-refractivity contribution in [3.05, 3.63) is 60.8 Å². The van der Waals surface area contributed by atoms with Crippen molar-refractivity contribution < 1.29 is 42.9 Å². The molecule has 0 radical (unpaired) electrons. The molecule has 0 rings (SSSR count). The molecule has 62 heavy (non-hydrogen) atoms. The molecule has 0 aliphatic rings. The molecule has 0 aromatic carbocycles. The molecule has 0 aromatic heterocycles. The Morgan fingerprint density at radius 2 is 0.919 bits per heavy atom. The van der Waals surface area contributed by atoms with Gasteiger partial charge in [0, 0.05) is 12.8 Å². The molecule has 0 aliphatic carbocycles. The third-order valence-corrected chi connectivity index (χ3v) is 10.5. The second-order valence-corrected chi connectivity index (χ2v) is 17.7. The summed E-state index contributed by atoms with van der Waals surface area (Å²) in [4.78, 5) is 37.0. The summed E-state index contributed by atoms with van der Waals surface area (Å²) in [6.07, 6.45) is 51.3. The van der Waals surface area contributed by atoms with Crippen LogP contribution in [0, 0.1) is 0 Å². The van der Waals surface area contributed by atoms with Crippen molar-refractivity contribution in [1.29, 1.82) is 0 Å². The van der Waals surface area contributed by atoms with Crippen LogP contribution < -0.4 is 5.11 Å². The van der Waals surface area contributed by atoms with Crippen molar-refractivity contribution in [3.8, 4) is 0 Å². The molecule has 0 heterocycles. The first-order valence-electron chi connectivity index (χ1n) is 24.9. The molecule has 0 aromatic rings. The van der Waals surface area contributed by atoms with Gasteiger partial charge < -0.3 is 33.3 Å². The van der Waals surface area contributed by atoms with E-state index in [1.807, 2.05) is 21.1 Å². The fourth-order valence-corrected chi connectivity index (χ4v) is 6.65. The van der Waals surface area contributed by atoms with Gasteiger partial charge in [-0.25, -0.2) is 0 Å². The second-order valence-electron chi connectivity index (χ2n) is 17.7. The smallest absolute Gasteiger partial charge is 0.306 e. The number of likely N-dealkylation sites (N-methyl/N-ethyl adjacent to an activating group) is 1. The third-order valence-electron chi connectivity index (χ3n) is 10.5. The van der Waals surface area contributed by atoms with Gasteiger partial charge in [0.2, 0.25) is 0 Å². The number of carbonyl (C=O) groups is 3. The Labute approximate surface area is 380 Å². The molecule has 0 fully saturated rings. The SMILES string of the molecule is CC/C=C\C/C=C\C/C=C\C/C=C\CCCCCCCCCCCCCCCCC(=O)OC(COC(=O)CCCCCCC/C=C\CCC)COC(OCC[N+](C)(C)C)C(=O)[O-]. The molecule has 2 unspecified atom stereocenters. The quantitative estimate of drug-likeness (QED) is 0.0196. The summed E-state index contributed by atoms with van der Waals surface area (Å²) in [7, 11) is 5.90. The Hall–Kier alpha value is -3.01. The molecular weight excluding hydrogens is 779 g/mol. The van der Waals surface area contributed by atoms with E-state index < -0.39 is 24.3 Å². The Balaban J connectivity index is 4.20. The van der Waals surface area contributed by atoms with Gasteiger partial charge in [0.1, 0.15) is 13.2 Å². The first-order valence-corrected chi connectivity index (χ1v) is 24.9. The lowest BCUT2D eigenvalue weighted by Gasteiger charge is -2.26. The van der Waals surface area contributed by atoms with Crippen molar-refractivity contribution >= 4 is 17.9 Å². The van der Waals surface area contributed by atoms with Gasteiger partial charge in [-0.15, -0.1) is 0 Å². The Morgan fingerprint density at radius 1 is 0.500 bits per heavy atom. The third kappa shape index (κ3) is 45.0. The van der Waals surface area contributed by atoms with Gasteiger partial charge in [0.15, 0.2) is 12.4 Å². The van der Waals surface area contributed by atoms with E-state index in [1.165, 1.54) is 77.0 Å². The molecule has 0 bridgehead atoms. The molecule has 9 nitrogen and oxygen atoms in total. The average molecular weight is 872 g/mol. The normalized spacial score (nSPS) is 13.4. The number of aliphatic carboxylic acids is 1. The lowest BCUT2D eigenvalue weighted by atomic mass is 10.0. The predicted octanol–water partition coefficient (Wildman–Crippen LogP) is 12.4. The number of ether oxygens (including phenoxy) is 4. The van der Waals surface area contributed by atoms with E-state index >= 15 is 0 Å². The van der Waals surface area contributed by atoms with Crippen LogP contribution >= 0.6 is 0 Å². The molecule has 0 N–H and O–H groups in total. The highest BCUT2D eigenvalue weighted by Crippen LogP contribution is 2.15. The fourth-order valence-electron chi connectivity index (χ4n) is 6.65. The number of unbranched alkanes of at least 4 members (excludes halogenated alkanes) is 20. The predicted molar refractivity (Wildman–Crippen MR) is 255 cm³/mol. The van der Waals surface area contributed by atoms with Gasteiger partial charge in [0.25, 0.3) is 0 Å². The highest BCUT2D eigenvalue weighted by atomic mass is 16.7. The van der Waals surface area contributed by atoms with Crippen LogP contribution in [-0.4, -0.2) is 82.3 Å². The summed E-state index contributed by atoms with van der Waals surface area (Å²) in [5.41, 5.74) is 0. The zero-order valence-corrected chi connectivity index (χ0v) is 40.5. The first kappa shape index (κ1) is 59.0. The van der Waals surface area contributed by atoms with Crippen LogP contribution in [0.1, 0.15) is 200 Å². The van der Waals surface area contributed by atoms with E-state index in [-0.39, 0.29) is 38.6 Å². The van der Waals surface area contributed by atoms with Crippen molar-refractivity contribution in [3.63, 3.8) is 0 Å². The molecule has 9 heteroatoms. The van der Waals surface area contributed by atoms with Gasteiger partial charge in [0.05, 0.1) is 40.3 Å². The van der Waals surface area contributed by atoms with Crippen LogP contribution in [-0.2, 0) is 33.3 Å². The largest absolute Gasteiger partial charge is 0.545 e. The van der Waals surface area contributed by atoms with Crippen molar-refractivity contribution in [1.82, 2.24) is 0 Å². The fraction of sp³-hybridized carbons (Fsp3) is 0.755. The van der Waals surface area contributed by atoms with Gasteiger partial charge in [-0.3, -0.25) is 9.59 Å². The molecule has 2 atom stereocenters. The number of quaternary nitrogens is 1. The molecule has 0 saturated heterocycles. The number of carboxylic acids is 1. The van der Waals surface area contributed by atoms with Crippen LogP contribution in [0.5, 0.6) is 0 Å². The van der Waals surface area contributed by atoms with E-state index in [4.69, 9.17) is 18.9 Å². The number of esters is 2. The molecular formula is C53H93NO8. The van der Waals surface area contributed by atoms with E-state index in [1.54, 1.807) is 0 Å². The minimum atomic E-state index is -1.62. The zero-order chi connectivity index (χ0) is 45.6. The summed E-state index contributed by atoms with van der Waals surface area (Å²) < 4.78 is 22.5. The number of carboxylic acid groups (broad SMARTS) is 1. The summed E-state index contributed by atoms with van der Waals surface area (Å²) in [6, 6.07) is 0. The second kappa shape index (κ2) is 44.6. The monoisotopic (exact) mass is 872 g/mol. The van der Waals surface area contributed by atoms with Crippen LogP contribution in [0.25, 0.3) is 0 Å². The number of rotatable bonds is 45. The Kier molecular flexibility index (Phi) is 42.4. The van der Waals surface area contributed by atoms with Crippen molar-refractivity contribution in [2.45, 2.75) is 212 Å². The highest BCUT2D eigenvalue weighted by Gasteiger charge is 2.21. The average Bonchev–Trinajstić information content (AvgIpc) is 3.23. The number of hydrogen-bond acceptors (Lipinski definition) is 8. The lowest BCUT2D eigenvalue weighted by molar-refractivity contribution is -0.870. The van der Waals surface area contributed by atoms with E-state index in [0.29, 0.717) is 17.4 Å². The van der Waals surface area contributed by atoms with Gasteiger partial charge >= 0.3 is 11.9 Å². The Bertz CT molecular complexity index is 1200.